The van der Waals surface area contributed by atoms with Gasteiger partial charge in [-0.15, -0.1) is 0 Å². The van der Waals surface area contributed by atoms with E-state index in [1.807, 2.05) is 0 Å². The van der Waals surface area contributed by atoms with Crippen LogP contribution in [0, 0.1) is 0 Å². The van der Waals surface area contributed by atoms with Gasteiger partial charge in [0.2, 0.25) is 0 Å². The first-order chi connectivity index (χ1) is 12.6. The second kappa shape index (κ2) is 9.61. The van der Waals surface area contributed by atoms with Gasteiger partial charge >= 0.3 is 26.2 Å². The van der Waals surface area contributed by atoms with E-state index in [1.165, 1.54) is 27.7 Å². The zero-order chi connectivity index (χ0) is 22.0. The molecule has 0 amide bonds. The maximum atomic E-state index is 9.85. The minimum absolute atomic E-state index is 0. The Hall–Kier alpha value is -1.40. The van der Waals surface area contributed by atoms with Crippen molar-refractivity contribution in [3.05, 3.63) is 0 Å². The van der Waals surface area contributed by atoms with E-state index in [1.54, 1.807) is 0 Å². The van der Waals surface area contributed by atoms with E-state index in [-0.39, 0.29) is 26.2 Å². The van der Waals surface area contributed by atoms with Gasteiger partial charge in [-0.3, -0.25) is 0 Å². The largest absolute Gasteiger partial charge is 4.00 e. The zero-order valence-corrected chi connectivity index (χ0v) is 18.7. The van der Waals surface area contributed by atoms with E-state index < -0.39 is 46.3 Å². The topological polar surface area (TPSA) is 211 Å². The molecule has 0 radical (unpaired) electrons. The third-order valence-corrected chi connectivity index (χ3v) is 4.04. The summed E-state index contributed by atoms with van der Waals surface area (Å²) < 4.78 is 18.0. The summed E-state index contributed by atoms with van der Waals surface area (Å²) in [5.41, 5.74) is -3.78. The number of carboxylic acids is 4. The van der Waals surface area contributed by atoms with Crippen LogP contribution in [-0.2, 0) is 64.3 Å². The molecule has 0 aromatic heterocycles. The number of carbonyl (C=O) groups excluding carboxylic acids is 4. The van der Waals surface area contributed by atoms with E-state index in [2.05, 4.69) is 18.9 Å². The van der Waals surface area contributed by atoms with Crippen LogP contribution in [0.5, 0.6) is 0 Å². The van der Waals surface area contributed by atoms with Gasteiger partial charge < -0.3 is 58.6 Å². The monoisotopic (exact) mass is 494 g/mol. The van der Waals surface area contributed by atoms with Gasteiger partial charge in [0.05, 0.1) is 50.3 Å². The fraction of sp³-hybridized carbons (Fsp3) is 0.750. The van der Waals surface area contributed by atoms with Crippen LogP contribution < -0.4 is 20.4 Å². The summed E-state index contributed by atoms with van der Waals surface area (Å²) in [4.78, 5) is 39.4. The maximum Gasteiger partial charge on any atom is 4.00 e. The van der Waals surface area contributed by atoms with E-state index in [4.69, 9.17) is 0 Å². The summed E-state index contributed by atoms with van der Waals surface area (Å²) in [7, 11) is 0. The maximum absolute atomic E-state index is 9.85. The number of epoxide rings is 4. The molecule has 160 valence electrons. The van der Waals surface area contributed by atoms with Gasteiger partial charge in [-0.05, 0) is 27.7 Å². The van der Waals surface area contributed by atoms with E-state index in [9.17, 15) is 39.6 Å². The van der Waals surface area contributed by atoms with Crippen molar-refractivity contribution in [3.8, 4) is 0 Å². The molecule has 4 atom stereocenters. The van der Waals surface area contributed by atoms with Crippen LogP contribution in [-0.4, -0.2) is 72.7 Å². The molecule has 0 aromatic carbocycles. The molecule has 4 saturated heterocycles. The SMILES string of the molecule is CC1(C(=O)[O-])CO1.CC1(C(=O)[O-])CO1.CC1(C(=O)[O-])CO1.CC1(C(=O)[O-])CO1.[Zr+4]. The van der Waals surface area contributed by atoms with Gasteiger partial charge in [-0.2, -0.15) is 0 Å². The van der Waals surface area contributed by atoms with Crippen molar-refractivity contribution in [1.82, 2.24) is 0 Å². The van der Waals surface area contributed by atoms with Crippen molar-refractivity contribution >= 4 is 23.9 Å². The van der Waals surface area contributed by atoms with Crippen LogP contribution in [0.25, 0.3) is 0 Å². The molecule has 0 aliphatic carbocycles. The molecule has 4 aliphatic rings. The van der Waals surface area contributed by atoms with Crippen molar-refractivity contribution in [2.45, 2.75) is 50.1 Å². The molecular weight excluding hydrogens is 475 g/mol. The van der Waals surface area contributed by atoms with Gasteiger partial charge in [0.1, 0.15) is 22.4 Å². The molecule has 13 heteroatoms. The summed E-state index contributed by atoms with van der Waals surface area (Å²) in [5, 5.41) is 39.4. The number of rotatable bonds is 4. The van der Waals surface area contributed by atoms with Crippen molar-refractivity contribution in [2.24, 2.45) is 0 Å². The van der Waals surface area contributed by atoms with Crippen LogP contribution in [0.2, 0.25) is 0 Å². The molecule has 4 heterocycles. The van der Waals surface area contributed by atoms with Gasteiger partial charge in [0.25, 0.3) is 0 Å². The first-order valence-electron chi connectivity index (χ1n) is 8.02. The molecule has 12 nitrogen and oxygen atoms in total. The molecule has 0 saturated carbocycles. The van der Waals surface area contributed by atoms with Crippen molar-refractivity contribution < 1.29 is 84.8 Å². The molecular formula is C16H20O12Zr. The van der Waals surface area contributed by atoms with Crippen molar-refractivity contribution in [1.29, 1.82) is 0 Å². The number of aliphatic carboxylic acids is 4. The number of carboxylic acid groups (broad SMARTS) is 4. The molecule has 0 bridgehead atoms. The minimum Gasteiger partial charge on any atom is -0.547 e. The average molecular weight is 496 g/mol. The minimum atomic E-state index is -1.12. The fourth-order valence-electron chi connectivity index (χ4n) is 0.904. The molecule has 4 aliphatic heterocycles. The Morgan fingerprint density at radius 1 is 0.517 bits per heavy atom. The molecule has 0 N–H and O–H groups in total. The van der Waals surface area contributed by atoms with Gasteiger partial charge in [0.15, 0.2) is 0 Å². The number of hydrogen-bond acceptors (Lipinski definition) is 12. The summed E-state index contributed by atoms with van der Waals surface area (Å²) in [6.45, 7) is 7.16. The normalized spacial score (nSPS) is 36.6. The van der Waals surface area contributed by atoms with Gasteiger partial charge in [-0.1, -0.05) is 0 Å². The van der Waals surface area contributed by atoms with Crippen LogP contribution in [0.1, 0.15) is 27.7 Å². The van der Waals surface area contributed by atoms with Gasteiger partial charge in [0, 0.05) is 0 Å². The van der Waals surface area contributed by atoms with Crippen LogP contribution in [0.15, 0.2) is 0 Å². The average Bonchev–Trinajstić information content (AvgIpc) is 3.36. The summed E-state index contributed by atoms with van der Waals surface area (Å²) >= 11 is 0. The Balaban J connectivity index is 0.000000356. The molecule has 0 aromatic rings. The second-order valence-corrected chi connectivity index (χ2v) is 7.23. The second-order valence-electron chi connectivity index (χ2n) is 7.23. The predicted molar refractivity (Wildman–Crippen MR) is 77.5 cm³/mol. The Bertz CT molecular complexity index is 532. The summed E-state index contributed by atoms with van der Waals surface area (Å²) in [5.74, 6) is -4.47. The zero-order valence-electron chi connectivity index (χ0n) is 16.2. The molecule has 4 unspecified atom stereocenters. The van der Waals surface area contributed by atoms with Crippen molar-refractivity contribution in [3.63, 3.8) is 0 Å². The Labute approximate surface area is 185 Å². The summed E-state index contributed by atoms with van der Waals surface area (Å²) in [6.07, 6.45) is 0. The standard InChI is InChI=1S/4C4H6O3.Zr/c4*1-4(2-7-4)3(5)6;/h4*2H2,1H3,(H,5,6);/q;;;;+4/p-4. The third-order valence-electron chi connectivity index (χ3n) is 4.04. The van der Waals surface area contributed by atoms with E-state index in [0.717, 1.165) is 0 Å². The Morgan fingerprint density at radius 3 is 0.621 bits per heavy atom. The quantitative estimate of drug-likeness (QED) is 0.334. The van der Waals surface area contributed by atoms with Gasteiger partial charge in [-0.25, -0.2) is 0 Å². The molecule has 0 spiro atoms. The van der Waals surface area contributed by atoms with Crippen LogP contribution in [0.3, 0.4) is 0 Å². The summed E-state index contributed by atoms with van der Waals surface area (Å²) in [6, 6.07) is 0. The molecule has 29 heavy (non-hydrogen) atoms. The number of hydrogen-bond donors (Lipinski definition) is 0. The fourth-order valence-corrected chi connectivity index (χ4v) is 0.904. The Morgan fingerprint density at radius 2 is 0.621 bits per heavy atom. The van der Waals surface area contributed by atoms with Crippen molar-refractivity contribution in [2.75, 3.05) is 26.4 Å². The number of carbonyl (C=O) groups is 4. The van der Waals surface area contributed by atoms with Crippen LogP contribution >= 0.6 is 0 Å². The Kier molecular flexibility index (Phi) is 9.15. The third kappa shape index (κ3) is 8.87. The number of ether oxygens (including phenoxy) is 4. The first kappa shape index (κ1) is 27.6. The van der Waals surface area contributed by atoms with E-state index in [0.29, 0.717) is 26.4 Å². The predicted octanol–water partition coefficient (Wildman–Crippen LogP) is -5.90. The molecule has 4 fully saturated rings. The smallest absolute Gasteiger partial charge is 0.547 e. The van der Waals surface area contributed by atoms with E-state index >= 15 is 0 Å². The molecule has 4 rings (SSSR count). The first-order valence-corrected chi connectivity index (χ1v) is 8.02. The van der Waals surface area contributed by atoms with Crippen LogP contribution in [0.4, 0.5) is 0 Å².